The van der Waals surface area contributed by atoms with Gasteiger partial charge in [0, 0.05) is 26.7 Å². The van der Waals surface area contributed by atoms with Gasteiger partial charge in [0.15, 0.2) is 0 Å². The van der Waals surface area contributed by atoms with Crippen LogP contribution in [-0.4, -0.2) is 51.5 Å². The van der Waals surface area contributed by atoms with E-state index in [-0.39, 0.29) is 0 Å². The third-order valence-corrected chi connectivity index (χ3v) is 3.36. The fraction of sp³-hybridized carbons (Fsp3) is 0.647. The van der Waals surface area contributed by atoms with Gasteiger partial charge in [0.25, 0.3) is 0 Å². The van der Waals surface area contributed by atoms with Crippen LogP contribution < -0.4 is 0 Å². The number of hydrogen-bond donors (Lipinski definition) is 0. The topological polar surface area (TPSA) is 21.7 Å². The van der Waals surface area contributed by atoms with Gasteiger partial charge < -0.3 is 9.47 Å². The molecule has 0 unspecified atom stereocenters. The predicted molar refractivity (Wildman–Crippen MR) is 84.3 cm³/mol. The van der Waals surface area contributed by atoms with E-state index in [1.54, 1.807) is 7.11 Å². The Morgan fingerprint density at radius 2 is 1.70 bits per heavy atom. The minimum atomic E-state index is 0.293. The molecule has 1 fully saturated rings. The maximum Gasteiger partial charge on any atom is 0.0594 e. The third kappa shape index (κ3) is 7.04. The number of ether oxygens (including phenoxy) is 2. The van der Waals surface area contributed by atoms with Crippen molar-refractivity contribution in [2.75, 3.05) is 46.6 Å². The zero-order chi connectivity index (χ0) is 14.8. The first-order valence-electron chi connectivity index (χ1n) is 7.38. The van der Waals surface area contributed by atoms with E-state index in [2.05, 4.69) is 56.0 Å². The molecule has 0 radical (unpaired) electrons. The molecule has 1 saturated heterocycles. The molecule has 0 amide bonds. The molecule has 0 bridgehead atoms. The number of rotatable bonds is 3. The minimum Gasteiger partial charge on any atom is -0.383 e. The summed E-state index contributed by atoms with van der Waals surface area (Å²) in [5.74, 6) is 0. The van der Waals surface area contributed by atoms with Crippen LogP contribution in [0.4, 0.5) is 0 Å². The van der Waals surface area contributed by atoms with Crippen LogP contribution in [0.2, 0.25) is 0 Å². The van der Waals surface area contributed by atoms with Crippen LogP contribution in [0, 0.1) is 0 Å². The second-order valence-corrected chi connectivity index (χ2v) is 6.06. The van der Waals surface area contributed by atoms with Gasteiger partial charge in [-0.15, -0.1) is 0 Å². The molecule has 1 aromatic rings. The summed E-state index contributed by atoms with van der Waals surface area (Å²) >= 11 is 0. The van der Waals surface area contributed by atoms with Crippen molar-refractivity contribution in [2.24, 2.45) is 0 Å². The molecule has 0 spiro atoms. The zero-order valence-electron chi connectivity index (χ0n) is 13.4. The molecule has 0 atom stereocenters. The van der Waals surface area contributed by atoms with Crippen LogP contribution in [0.15, 0.2) is 30.3 Å². The zero-order valence-corrected chi connectivity index (χ0v) is 13.4. The summed E-state index contributed by atoms with van der Waals surface area (Å²) in [6.07, 6.45) is 0. The molecule has 3 nitrogen and oxygen atoms in total. The summed E-state index contributed by atoms with van der Waals surface area (Å²) in [6, 6.07) is 10.6. The maximum absolute atomic E-state index is 5.20. The van der Waals surface area contributed by atoms with Gasteiger partial charge in [0.05, 0.1) is 19.8 Å². The van der Waals surface area contributed by atoms with E-state index in [1.165, 1.54) is 5.56 Å². The monoisotopic (exact) mass is 279 g/mol. The average Bonchev–Trinajstić information content (AvgIpc) is 2.47. The highest BCUT2D eigenvalue weighted by Crippen LogP contribution is 2.20. The first-order valence-corrected chi connectivity index (χ1v) is 7.38. The highest BCUT2D eigenvalue weighted by atomic mass is 16.5. The Labute approximate surface area is 123 Å². The minimum absolute atomic E-state index is 0.293. The maximum atomic E-state index is 5.20. The summed E-state index contributed by atoms with van der Waals surface area (Å²) in [6.45, 7) is 12.4. The van der Waals surface area contributed by atoms with Gasteiger partial charge in [-0.05, 0) is 11.0 Å². The normalized spacial score (nSPS) is 16.4. The van der Waals surface area contributed by atoms with E-state index in [0.29, 0.717) is 5.41 Å². The summed E-state index contributed by atoms with van der Waals surface area (Å²) in [4.78, 5) is 2.35. The summed E-state index contributed by atoms with van der Waals surface area (Å²) in [5, 5.41) is 0. The fourth-order valence-corrected chi connectivity index (χ4v) is 1.98. The summed E-state index contributed by atoms with van der Waals surface area (Å²) < 4.78 is 10.2. The lowest BCUT2D eigenvalue weighted by atomic mass is 9.87. The molecule has 2 rings (SSSR count). The van der Waals surface area contributed by atoms with Crippen molar-refractivity contribution in [2.45, 2.75) is 26.2 Å². The predicted octanol–water partition coefficient (Wildman–Crippen LogP) is 2.95. The van der Waals surface area contributed by atoms with Crippen molar-refractivity contribution in [1.29, 1.82) is 0 Å². The van der Waals surface area contributed by atoms with Crippen molar-refractivity contribution >= 4 is 0 Å². The Kier molecular flexibility index (Phi) is 7.82. The van der Waals surface area contributed by atoms with Crippen molar-refractivity contribution in [3.63, 3.8) is 0 Å². The van der Waals surface area contributed by atoms with E-state index in [9.17, 15) is 0 Å². The van der Waals surface area contributed by atoms with Crippen LogP contribution in [0.3, 0.4) is 0 Å². The molecule has 0 saturated carbocycles. The molecule has 20 heavy (non-hydrogen) atoms. The lowest BCUT2D eigenvalue weighted by molar-refractivity contribution is 0.0263. The van der Waals surface area contributed by atoms with Gasteiger partial charge in [0.1, 0.15) is 0 Å². The van der Waals surface area contributed by atoms with Crippen LogP contribution in [-0.2, 0) is 14.9 Å². The van der Waals surface area contributed by atoms with E-state index >= 15 is 0 Å². The van der Waals surface area contributed by atoms with Crippen LogP contribution in [0.5, 0.6) is 0 Å². The van der Waals surface area contributed by atoms with Crippen LogP contribution >= 0.6 is 0 Å². The summed E-state index contributed by atoms with van der Waals surface area (Å²) in [7, 11) is 1.74. The molecule has 1 aliphatic heterocycles. The molecule has 3 heteroatoms. The first-order chi connectivity index (χ1) is 9.54. The highest BCUT2D eigenvalue weighted by Gasteiger charge is 2.11. The van der Waals surface area contributed by atoms with Crippen molar-refractivity contribution in [3.8, 4) is 0 Å². The van der Waals surface area contributed by atoms with Gasteiger partial charge in [-0.25, -0.2) is 0 Å². The molecular weight excluding hydrogens is 250 g/mol. The second kappa shape index (κ2) is 9.11. The first kappa shape index (κ1) is 17.2. The van der Waals surface area contributed by atoms with Crippen molar-refractivity contribution in [1.82, 2.24) is 4.90 Å². The van der Waals surface area contributed by atoms with E-state index in [4.69, 9.17) is 9.47 Å². The number of hydrogen-bond acceptors (Lipinski definition) is 3. The smallest absolute Gasteiger partial charge is 0.0594 e. The molecule has 0 N–H and O–H groups in total. The molecule has 0 aromatic heterocycles. The Balaban J connectivity index is 0.000000200. The Morgan fingerprint density at radius 3 is 2.15 bits per heavy atom. The average molecular weight is 279 g/mol. The fourth-order valence-electron chi connectivity index (χ4n) is 1.98. The van der Waals surface area contributed by atoms with Gasteiger partial charge >= 0.3 is 0 Å². The lowest BCUT2D eigenvalue weighted by Crippen LogP contribution is -2.38. The Hall–Kier alpha value is -0.900. The number of nitrogens with zero attached hydrogens (tertiary/aromatic N) is 1. The highest BCUT2D eigenvalue weighted by molar-refractivity contribution is 5.21. The van der Waals surface area contributed by atoms with Gasteiger partial charge in [0.2, 0.25) is 0 Å². The number of morpholine rings is 1. The van der Waals surface area contributed by atoms with E-state index < -0.39 is 0 Å². The number of methoxy groups -OCH3 is 1. The molecule has 1 aliphatic rings. The van der Waals surface area contributed by atoms with E-state index in [0.717, 1.165) is 39.5 Å². The molecular formula is C17H29NO2. The Bertz CT molecular complexity index is 340. The van der Waals surface area contributed by atoms with Crippen LogP contribution in [0.25, 0.3) is 0 Å². The SMILES string of the molecule is CC(C)(C)c1ccccc1.COCCN1CCOCC1. The largest absolute Gasteiger partial charge is 0.383 e. The van der Waals surface area contributed by atoms with E-state index in [1.807, 2.05) is 0 Å². The van der Waals surface area contributed by atoms with Gasteiger partial charge in [-0.1, -0.05) is 51.1 Å². The third-order valence-electron chi connectivity index (χ3n) is 3.36. The van der Waals surface area contributed by atoms with Crippen molar-refractivity contribution in [3.05, 3.63) is 35.9 Å². The molecule has 1 heterocycles. The van der Waals surface area contributed by atoms with Gasteiger partial charge in [-0.2, -0.15) is 0 Å². The molecule has 0 aliphatic carbocycles. The Morgan fingerprint density at radius 1 is 1.10 bits per heavy atom. The standard InChI is InChI=1S/C10H14.C7H15NO2/c1-10(2,3)9-7-5-4-6-8-9;1-9-5-2-8-3-6-10-7-4-8/h4-8H,1-3H3;2-7H2,1H3. The second-order valence-electron chi connectivity index (χ2n) is 6.06. The number of benzene rings is 1. The lowest BCUT2D eigenvalue weighted by Gasteiger charge is -2.25. The molecule has 1 aromatic carbocycles. The van der Waals surface area contributed by atoms with Crippen molar-refractivity contribution < 1.29 is 9.47 Å². The molecule has 114 valence electrons. The summed E-state index contributed by atoms with van der Waals surface area (Å²) in [5.41, 5.74) is 1.69. The quantitative estimate of drug-likeness (QED) is 0.849. The van der Waals surface area contributed by atoms with Gasteiger partial charge in [-0.3, -0.25) is 4.90 Å². The van der Waals surface area contributed by atoms with Crippen LogP contribution in [0.1, 0.15) is 26.3 Å².